The largest absolute Gasteiger partial charge is 0.330 e. The predicted molar refractivity (Wildman–Crippen MR) is 68.1 cm³/mol. The second-order valence-electron chi connectivity index (χ2n) is 4.76. The molecule has 0 aromatic rings. The van der Waals surface area contributed by atoms with E-state index in [1.807, 2.05) is 0 Å². The first-order valence-electron chi connectivity index (χ1n) is 6.13. The van der Waals surface area contributed by atoms with Gasteiger partial charge < -0.3 is 15.5 Å². The van der Waals surface area contributed by atoms with Gasteiger partial charge in [0.15, 0.2) is 0 Å². The summed E-state index contributed by atoms with van der Waals surface area (Å²) in [5.41, 5.74) is 5.68. The standard InChI is InChI=1S/C12H29N3/c1-5-12(11-13)7-10-15(4)9-6-8-14(2)3/h12H,5-11,13H2,1-4H3. The van der Waals surface area contributed by atoms with Gasteiger partial charge in [-0.15, -0.1) is 0 Å². The smallest absolute Gasteiger partial charge is 0.000960 e. The van der Waals surface area contributed by atoms with Crippen molar-refractivity contribution in [1.29, 1.82) is 0 Å². The van der Waals surface area contributed by atoms with Crippen molar-refractivity contribution in [3.05, 3.63) is 0 Å². The average Bonchev–Trinajstić information content (AvgIpc) is 2.18. The number of hydrogen-bond donors (Lipinski definition) is 1. The Hall–Kier alpha value is -0.120. The van der Waals surface area contributed by atoms with Crippen molar-refractivity contribution in [3.8, 4) is 0 Å². The number of nitrogens with two attached hydrogens (primary N) is 1. The predicted octanol–water partition coefficient (Wildman–Crippen LogP) is 1.24. The van der Waals surface area contributed by atoms with Crippen LogP contribution in [0.3, 0.4) is 0 Å². The van der Waals surface area contributed by atoms with Gasteiger partial charge in [0.2, 0.25) is 0 Å². The molecule has 0 aliphatic heterocycles. The van der Waals surface area contributed by atoms with Gasteiger partial charge in [-0.1, -0.05) is 13.3 Å². The summed E-state index contributed by atoms with van der Waals surface area (Å²) in [5.74, 6) is 0.710. The molecule has 92 valence electrons. The van der Waals surface area contributed by atoms with Gasteiger partial charge >= 0.3 is 0 Å². The monoisotopic (exact) mass is 215 g/mol. The van der Waals surface area contributed by atoms with E-state index in [0.29, 0.717) is 5.92 Å². The van der Waals surface area contributed by atoms with Crippen LogP contribution in [0.15, 0.2) is 0 Å². The molecule has 0 saturated carbocycles. The van der Waals surface area contributed by atoms with E-state index in [0.717, 1.165) is 6.54 Å². The zero-order chi connectivity index (χ0) is 11.7. The van der Waals surface area contributed by atoms with Crippen molar-refractivity contribution >= 4 is 0 Å². The van der Waals surface area contributed by atoms with E-state index in [4.69, 9.17) is 5.73 Å². The minimum atomic E-state index is 0.710. The quantitative estimate of drug-likeness (QED) is 0.628. The molecule has 0 aromatic carbocycles. The second-order valence-corrected chi connectivity index (χ2v) is 4.76. The number of rotatable bonds is 9. The Morgan fingerprint density at radius 2 is 1.73 bits per heavy atom. The van der Waals surface area contributed by atoms with E-state index in [1.54, 1.807) is 0 Å². The molecule has 0 heterocycles. The van der Waals surface area contributed by atoms with E-state index >= 15 is 0 Å². The Morgan fingerprint density at radius 3 is 2.20 bits per heavy atom. The molecular formula is C12H29N3. The van der Waals surface area contributed by atoms with E-state index in [9.17, 15) is 0 Å². The molecule has 0 aliphatic carbocycles. The Bertz CT molecular complexity index is 133. The Labute approximate surface area is 95.6 Å². The SMILES string of the molecule is CCC(CN)CCN(C)CCCN(C)C. The van der Waals surface area contributed by atoms with Crippen LogP contribution in [-0.4, -0.2) is 57.1 Å². The molecule has 0 spiro atoms. The molecule has 0 aromatic heterocycles. The molecule has 0 radical (unpaired) electrons. The second kappa shape index (κ2) is 9.13. The fourth-order valence-electron chi connectivity index (χ4n) is 1.66. The van der Waals surface area contributed by atoms with E-state index in [-0.39, 0.29) is 0 Å². The first-order chi connectivity index (χ1) is 7.10. The fourth-order valence-corrected chi connectivity index (χ4v) is 1.66. The summed E-state index contributed by atoms with van der Waals surface area (Å²) in [4.78, 5) is 4.66. The summed E-state index contributed by atoms with van der Waals surface area (Å²) in [6.07, 6.45) is 3.70. The molecule has 15 heavy (non-hydrogen) atoms. The molecule has 0 rings (SSSR count). The topological polar surface area (TPSA) is 32.5 Å². The first kappa shape index (κ1) is 14.9. The molecule has 0 saturated heterocycles. The normalized spacial score (nSPS) is 13.8. The minimum absolute atomic E-state index is 0.710. The fraction of sp³-hybridized carbons (Fsp3) is 1.00. The van der Waals surface area contributed by atoms with Crippen molar-refractivity contribution in [2.45, 2.75) is 26.2 Å². The molecule has 0 fully saturated rings. The van der Waals surface area contributed by atoms with Gasteiger partial charge in [-0.05, 0) is 66.1 Å². The van der Waals surface area contributed by atoms with Crippen molar-refractivity contribution in [2.24, 2.45) is 11.7 Å². The van der Waals surface area contributed by atoms with Crippen molar-refractivity contribution in [1.82, 2.24) is 9.80 Å². The van der Waals surface area contributed by atoms with Crippen LogP contribution in [0.25, 0.3) is 0 Å². The summed E-state index contributed by atoms with van der Waals surface area (Å²) in [6, 6.07) is 0. The van der Waals surface area contributed by atoms with E-state index in [2.05, 4.69) is 37.9 Å². The van der Waals surface area contributed by atoms with Crippen LogP contribution in [0.4, 0.5) is 0 Å². The Morgan fingerprint density at radius 1 is 1.07 bits per heavy atom. The van der Waals surface area contributed by atoms with Gasteiger partial charge in [-0.25, -0.2) is 0 Å². The molecule has 0 aliphatic rings. The Balaban J connectivity index is 3.43. The van der Waals surface area contributed by atoms with Gasteiger partial charge in [0.1, 0.15) is 0 Å². The van der Waals surface area contributed by atoms with Gasteiger partial charge in [0, 0.05) is 0 Å². The average molecular weight is 215 g/mol. The molecule has 2 N–H and O–H groups in total. The maximum Gasteiger partial charge on any atom is -0.000960 e. The Kier molecular flexibility index (Phi) is 9.06. The lowest BCUT2D eigenvalue weighted by Crippen LogP contribution is -2.27. The van der Waals surface area contributed by atoms with Gasteiger partial charge in [0.25, 0.3) is 0 Å². The van der Waals surface area contributed by atoms with Crippen LogP contribution in [0.1, 0.15) is 26.2 Å². The van der Waals surface area contributed by atoms with Crippen LogP contribution in [0.5, 0.6) is 0 Å². The summed E-state index contributed by atoms with van der Waals surface area (Å²) in [5, 5.41) is 0. The van der Waals surface area contributed by atoms with Gasteiger partial charge in [-0.3, -0.25) is 0 Å². The molecule has 1 atom stereocenters. The zero-order valence-electron chi connectivity index (χ0n) is 11.0. The minimum Gasteiger partial charge on any atom is -0.330 e. The third kappa shape index (κ3) is 8.85. The van der Waals surface area contributed by atoms with Crippen LogP contribution < -0.4 is 5.73 Å². The molecule has 0 amide bonds. The number of hydrogen-bond acceptors (Lipinski definition) is 3. The lowest BCUT2D eigenvalue weighted by Gasteiger charge is -2.20. The highest BCUT2D eigenvalue weighted by Gasteiger charge is 2.05. The highest BCUT2D eigenvalue weighted by atomic mass is 15.1. The van der Waals surface area contributed by atoms with Crippen LogP contribution in [0.2, 0.25) is 0 Å². The number of nitrogens with zero attached hydrogens (tertiary/aromatic N) is 2. The summed E-state index contributed by atoms with van der Waals surface area (Å²) < 4.78 is 0. The van der Waals surface area contributed by atoms with Gasteiger partial charge in [0.05, 0.1) is 0 Å². The summed E-state index contributed by atoms with van der Waals surface area (Å²) >= 11 is 0. The van der Waals surface area contributed by atoms with Crippen LogP contribution >= 0.6 is 0 Å². The highest BCUT2D eigenvalue weighted by Crippen LogP contribution is 2.06. The van der Waals surface area contributed by atoms with Gasteiger partial charge in [-0.2, -0.15) is 0 Å². The highest BCUT2D eigenvalue weighted by molar-refractivity contribution is 4.61. The van der Waals surface area contributed by atoms with E-state index < -0.39 is 0 Å². The molecule has 1 unspecified atom stereocenters. The molecule has 3 heteroatoms. The lowest BCUT2D eigenvalue weighted by molar-refractivity contribution is 0.277. The van der Waals surface area contributed by atoms with Crippen molar-refractivity contribution < 1.29 is 0 Å². The maximum absolute atomic E-state index is 5.68. The van der Waals surface area contributed by atoms with Crippen molar-refractivity contribution in [2.75, 3.05) is 47.3 Å². The summed E-state index contributed by atoms with van der Waals surface area (Å²) in [7, 11) is 6.46. The van der Waals surface area contributed by atoms with E-state index in [1.165, 1.54) is 38.9 Å². The molecular weight excluding hydrogens is 186 g/mol. The lowest BCUT2D eigenvalue weighted by atomic mass is 10.0. The third-order valence-corrected chi connectivity index (χ3v) is 2.97. The summed E-state index contributed by atoms with van der Waals surface area (Å²) in [6.45, 7) is 6.62. The third-order valence-electron chi connectivity index (χ3n) is 2.97. The molecule has 3 nitrogen and oxygen atoms in total. The van der Waals surface area contributed by atoms with Crippen molar-refractivity contribution in [3.63, 3.8) is 0 Å². The first-order valence-corrected chi connectivity index (χ1v) is 6.13. The van der Waals surface area contributed by atoms with Crippen LogP contribution in [0, 0.1) is 5.92 Å². The molecule has 0 bridgehead atoms. The van der Waals surface area contributed by atoms with Crippen LogP contribution in [-0.2, 0) is 0 Å². The zero-order valence-corrected chi connectivity index (χ0v) is 11.0. The maximum atomic E-state index is 5.68.